The summed E-state index contributed by atoms with van der Waals surface area (Å²) in [6.07, 6.45) is 6.48. The molecule has 3 rings (SSSR count). The van der Waals surface area contributed by atoms with Crippen LogP contribution in [0.5, 0.6) is 0 Å². The van der Waals surface area contributed by atoms with Crippen molar-refractivity contribution in [1.82, 2.24) is 5.32 Å². The van der Waals surface area contributed by atoms with Gasteiger partial charge in [0.25, 0.3) is 5.91 Å². The lowest BCUT2D eigenvalue weighted by atomic mass is 9.85. The van der Waals surface area contributed by atoms with Crippen molar-refractivity contribution in [2.24, 2.45) is 5.92 Å². The zero-order chi connectivity index (χ0) is 15.0. The maximum Gasteiger partial charge on any atom is 0.263 e. The first-order valence-electron chi connectivity index (χ1n) is 8.04. The highest BCUT2D eigenvalue weighted by Gasteiger charge is 2.35. The molecule has 116 valence electrons. The van der Waals surface area contributed by atoms with Gasteiger partial charge in [0, 0.05) is 25.7 Å². The predicted octanol–water partition coefficient (Wildman–Crippen LogP) is 3.19. The van der Waals surface area contributed by atoms with Crippen LogP contribution in [-0.2, 0) is 0 Å². The lowest BCUT2D eigenvalue weighted by Gasteiger charge is -2.33. The van der Waals surface area contributed by atoms with Crippen molar-refractivity contribution in [2.75, 3.05) is 30.8 Å². The molecule has 0 bridgehead atoms. The molecule has 0 radical (unpaired) electrons. The Morgan fingerprint density at radius 1 is 1.38 bits per heavy atom. The Kier molecular flexibility index (Phi) is 4.11. The summed E-state index contributed by atoms with van der Waals surface area (Å²) in [4.78, 5) is 15.2. The maximum atomic E-state index is 12.0. The minimum atomic E-state index is -0.0506. The zero-order valence-corrected chi connectivity index (χ0v) is 13.8. The number of nitrogens with one attached hydrogen (secondary N) is 1. The van der Waals surface area contributed by atoms with Crippen molar-refractivity contribution in [1.29, 1.82) is 0 Å². The van der Waals surface area contributed by atoms with Gasteiger partial charge in [-0.15, -0.1) is 11.3 Å². The Balaban J connectivity index is 1.92. The van der Waals surface area contributed by atoms with Crippen LogP contribution in [0.15, 0.2) is 0 Å². The molecule has 0 atom stereocenters. The summed E-state index contributed by atoms with van der Waals surface area (Å²) >= 11 is 1.59. The number of nitrogens with two attached hydrogens (primary N) is 1. The molecule has 0 saturated heterocycles. The van der Waals surface area contributed by atoms with Crippen LogP contribution in [0.3, 0.4) is 0 Å². The number of carbonyl (C=O) groups is 1. The summed E-state index contributed by atoms with van der Waals surface area (Å²) in [7, 11) is 1.67. The zero-order valence-electron chi connectivity index (χ0n) is 12.9. The quantitative estimate of drug-likeness (QED) is 0.848. The number of carbonyl (C=O) groups excluding carboxylic acids is 1. The second-order valence-corrected chi connectivity index (χ2v) is 7.25. The van der Waals surface area contributed by atoms with E-state index in [9.17, 15) is 4.79 Å². The minimum absolute atomic E-state index is 0.0506. The van der Waals surface area contributed by atoms with Gasteiger partial charge in [-0.25, -0.2) is 0 Å². The monoisotopic (exact) mass is 307 g/mol. The molecule has 4 nitrogen and oxygen atoms in total. The standard InChI is InChI=1S/C16H25N3OS/c1-3-19(9-10-5-4-6-10)16-12(11-7-8-11)13(17)14(21-16)15(20)18-2/h10-11H,3-9,17H2,1-2H3,(H,18,20). The summed E-state index contributed by atoms with van der Waals surface area (Å²) in [6.45, 7) is 4.30. The van der Waals surface area contributed by atoms with E-state index in [1.807, 2.05) is 0 Å². The van der Waals surface area contributed by atoms with E-state index in [0.717, 1.165) is 24.7 Å². The van der Waals surface area contributed by atoms with Crippen LogP contribution < -0.4 is 16.0 Å². The molecule has 2 fully saturated rings. The van der Waals surface area contributed by atoms with Crippen molar-refractivity contribution < 1.29 is 4.79 Å². The van der Waals surface area contributed by atoms with Crippen molar-refractivity contribution in [3.63, 3.8) is 0 Å². The van der Waals surface area contributed by atoms with Gasteiger partial charge in [-0.1, -0.05) is 6.42 Å². The van der Waals surface area contributed by atoms with Gasteiger partial charge in [0.2, 0.25) is 0 Å². The van der Waals surface area contributed by atoms with Gasteiger partial charge < -0.3 is 16.0 Å². The van der Waals surface area contributed by atoms with E-state index in [1.165, 1.54) is 42.7 Å². The molecule has 2 aliphatic carbocycles. The highest BCUT2D eigenvalue weighted by Crippen LogP contribution is 2.52. The van der Waals surface area contributed by atoms with Crippen LogP contribution in [0.2, 0.25) is 0 Å². The maximum absolute atomic E-state index is 12.0. The third kappa shape index (κ3) is 2.76. The van der Waals surface area contributed by atoms with Crippen molar-refractivity contribution in [3.05, 3.63) is 10.4 Å². The smallest absolute Gasteiger partial charge is 0.263 e. The Morgan fingerprint density at radius 2 is 2.10 bits per heavy atom. The van der Waals surface area contributed by atoms with E-state index in [4.69, 9.17) is 5.73 Å². The van der Waals surface area contributed by atoms with Crippen LogP contribution in [0.4, 0.5) is 10.7 Å². The third-order valence-electron chi connectivity index (χ3n) is 4.76. The van der Waals surface area contributed by atoms with Crippen molar-refractivity contribution in [3.8, 4) is 0 Å². The molecule has 1 aromatic heterocycles. The lowest BCUT2D eigenvalue weighted by Crippen LogP contribution is -2.32. The molecule has 1 amide bonds. The molecule has 0 aromatic carbocycles. The molecule has 2 aliphatic rings. The predicted molar refractivity (Wildman–Crippen MR) is 89.3 cm³/mol. The van der Waals surface area contributed by atoms with Gasteiger partial charge in [0.15, 0.2) is 0 Å². The topological polar surface area (TPSA) is 58.4 Å². The molecule has 21 heavy (non-hydrogen) atoms. The van der Waals surface area contributed by atoms with Crippen molar-refractivity contribution >= 4 is 27.9 Å². The second kappa shape index (κ2) is 5.87. The van der Waals surface area contributed by atoms with Crippen LogP contribution >= 0.6 is 11.3 Å². The Morgan fingerprint density at radius 3 is 2.57 bits per heavy atom. The summed E-state index contributed by atoms with van der Waals surface area (Å²) < 4.78 is 0. The molecule has 3 N–H and O–H groups in total. The number of amides is 1. The number of hydrogen-bond acceptors (Lipinski definition) is 4. The number of thiophene rings is 1. The number of anilines is 2. The first-order chi connectivity index (χ1) is 10.2. The van der Waals surface area contributed by atoms with Gasteiger partial charge in [-0.3, -0.25) is 4.79 Å². The molecule has 0 aliphatic heterocycles. The largest absolute Gasteiger partial charge is 0.397 e. The Labute approximate surface area is 130 Å². The van der Waals surface area contributed by atoms with E-state index in [1.54, 1.807) is 18.4 Å². The summed E-state index contributed by atoms with van der Waals surface area (Å²) in [5.74, 6) is 1.35. The number of rotatable bonds is 6. The van der Waals surface area contributed by atoms with Crippen LogP contribution in [0.1, 0.15) is 60.2 Å². The normalized spacial score (nSPS) is 18.4. The summed E-state index contributed by atoms with van der Waals surface area (Å²) in [5.41, 5.74) is 8.29. The highest BCUT2D eigenvalue weighted by molar-refractivity contribution is 7.18. The van der Waals surface area contributed by atoms with Gasteiger partial charge >= 0.3 is 0 Å². The molecular weight excluding hydrogens is 282 g/mol. The van der Waals surface area contributed by atoms with Gasteiger partial charge in [0.05, 0.1) is 10.7 Å². The highest BCUT2D eigenvalue weighted by atomic mass is 32.1. The van der Waals surface area contributed by atoms with Gasteiger partial charge in [-0.05, 0) is 44.4 Å². The first kappa shape index (κ1) is 14.7. The van der Waals surface area contributed by atoms with E-state index in [2.05, 4.69) is 17.1 Å². The van der Waals surface area contributed by atoms with E-state index in [0.29, 0.717) is 10.8 Å². The van der Waals surface area contributed by atoms with E-state index in [-0.39, 0.29) is 5.91 Å². The van der Waals surface area contributed by atoms with Crippen LogP contribution in [0.25, 0.3) is 0 Å². The number of nitrogen functional groups attached to an aromatic ring is 1. The average molecular weight is 307 g/mol. The van der Waals surface area contributed by atoms with Gasteiger partial charge in [0.1, 0.15) is 4.88 Å². The minimum Gasteiger partial charge on any atom is -0.397 e. The second-order valence-electron chi connectivity index (χ2n) is 6.25. The molecule has 0 spiro atoms. The van der Waals surface area contributed by atoms with Crippen LogP contribution in [-0.4, -0.2) is 26.0 Å². The molecule has 1 aromatic rings. The number of hydrogen-bond donors (Lipinski definition) is 2. The fraction of sp³-hybridized carbons (Fsp3) is 0.688. The Bertz CT molecular complexity index is 532. The fourth-order valence-electron chi connectivity index (χ4n) is 3.07. The van der Waals surface area contributed by atoms with Gasteiger partial charge in [-0.2, -0.15) is 0 Å². The fourth-order valence-corrected chi connectivity index (χ4v) is 4.40. The molecule has 0 unspecified atom stereocenters. The molecule has 2 saturated carbocycles. The third-order valence-corrected chi connectivity index (χ3v) is 6.04. The average Bonchev–Trinajstić information content (AvgIpc) is 3.21. The van der Waals surface area contributed by atoms with E-state index < -0.39 is 0 Å². The van der Waals surface area contributed by atoms with Crippen molar-refractivity contribution in [2.45, 2.75) is 44.9 Å². The Hall–Kier alpha value is -1.23. The SMILES string of the molecule is CCN(CC1CCC1)c1sc(C(=O)NC)c(N)c1C1CC1. The summed E-state index contributed by atoms with van der Waals surface area (Å²) in [6, 6.07) is 0. The molecular formula is C16H25N3OS. The molecule has 1 heterocycles. The summed E-state index contributed by atoms with van der Waals surface area (Å²) in [5, 5.41) is 3.97. The lowest BCUT2D eigenvalue weighted by molar-refractivity contribution is 0.0968. The first-order valence-corrected chi connectivity index (χ1v) is 8.86. The number of nitrogens with zero attached hydrogens (tertiary/aromatic N) is 1. The van der Waals surface area contributed by atoms with E-state index >= 15 is 0 Å². The van der Waals surface area contributed by atoms with Crippen LogP contribution in [0, 0.1) is 5.92 Å². The molecule has 5 heteroatoms.